The third-order valence-electron chi connectivity index (χ3n) is 4.83. The number of hydrogen-bond acceptors (Lipinski definition) is 7. The molecular formula is C22H21N5O5. The molecule has 0 spiro atoms. The van der Waals surface area contributed by atoms with Crippen molar-refractivity contribution in [3.8, 4) is 34.3 Å². The van der Waals surface area contributed by atoms with E-state index in [4.69, 9.17) is 19.9 Å². The molecule has 0 saturated heterocycles. The van der Waals surface area contributed by atoms with Gasteiger partial charge in [-0.2, -0.15) is 0 Å². The number of carbonyl (C=O) groups is 1. The summed E-state index contributed by atoms with van der Waals surface area (Å²) in [6.45, 7) is 2.41. The van der Waals surface area contributed by atoms with E-state index in [9.17, 15) is 9.59 Å². The standard InChI is InChI=1S/C22H21N5O5/c1-4-32-13-7-5-12(6-8-13)27-21-18(25-22(27)29)17(19(23)28)24-20(26-21)15-10-9-14(30-2)11-16(15)31-3/h5-11H,4H2,1-3H3,(H2,23,28)(H,25,29). The van der Waals surface area contributed by atoms with Crippen molar-refractivity contribution in [1.82, 2.24) is 19.5 Å². The number of ether oxygens (including phenoxy) is 3. The van der Waals surface area contributed by atoms with Crippen LogP contribution >= 0.6 is 0 Å². The number of fused-ring (bicyclic) bond motifs is 1. The fourth-order valence-corrected chi connectivity index (χ4v) is 3.36. The van der Waals surface area contributed by atoms with Crippen LogP contribution in [0.1, 0.15) is 17.4 Å². The van der Waals surface area contributed by atoms with Crippen LogP contribution < -0.4 is 25.6 Å². The predicted octanol–water partition coefficient (Wildman–Crippen LogP) is 2.29. The maximum Gasteiger partial charge on any atom is 0.332 e. The van der Waals surface area contributed by atoms with E-state index in [-0.39, 0.29) is 22.7 Å². The lowest BCUT2D eigenvalue weighted by molar-refractivity contribution is 0.0997. The number of nitrogens with zero attached hydrogens (tertiary/aromatic N) is 3. The van der Waals surface area contributed by atoms with E-state index in [0.717, 1.165) is 0 Å². The monoisotopic (exact) mass is 435 g/mol. The average Bonchev–Trinajstić information content (AvgIpc) is 3.14. The number of nitrogens with one attached hydrogen (secondary N) is 1. The van der Waals surface area contributed by atoms with Gasteiger partial charge in [0.15, 0.2) is 17.2 Å². The second-order valence-electron chi connectivity index (χ2n) is 6.72. The minimum Gasteiger partial charge on any atom is -0.497 e. The van der Waals surface area contributed by atoms with Gasteiger partial charge < -0.3 is 24.9 Å². The van der Waals surface area contributed by atoms with Crippen LogP contribution in [0.4, 0.5) is 0 Å². The maximum absolute atomic E-state index is 12.8. The summed E-state index contributed by atoms with van der Waals surface area (Å²) in [7, 11) is 3.04. The molecule has 2 heterocycles. The second kappa shape index (κ2) is 8.42. The molecule has 0 fully saturated rings. The number of nitrogens with two attached hydrogens (primary N) is 1. The molecule has 10 heteroatoms. The topological polar surface area (TPSA) is 134 Å². The Hall–Kier alpha value is -4.34. The van der Waals surface area contributed by atoms with Gasteiger partial charge in [-0.15, -0.1) is 0 Å². The number of rotatable bonds is 7. The summed E-state index contributed by atoms with van der Waals surface area (Å²) in [5.74, 6) is 1.05. The number of imidazole rings is 1. The van der Waals surface area contributed by atoms with E-state index in [1.807, 2.05) is 6.92 Å². The molecule has 0 atom stereocenters. The molecule has 4 aromatic rings. The van der Waals surface area contributed by atoms with Gasteiger partial charge in [0.05, 0.1) is 32.1 Å². The van der Waals surface area contributed by atoms with Gasteiger partial charge in [-0.25, -0.2) is 19.3 Å². The highest BCUT2D eigenvalue weighted by atomic mass is 16.5. The van der Waals surface area contributed by atoms with Crippen LogP contribution in [0.3, 0.4) is 0 Å². The predicted molar refractivity (Wildman–Crippen MR) is 118 cm³/mol. The summed E-state index contributed by atoms with van der Waals surface area (Å²) in [6.07, 6.45) is 0. The third-order valence-corrected chi connectivity index (χ3v) is 4.83. The molecule has 0 bridgehead atoms. The molecule has 0 saturated carbocycles. The molecule has 4 rings (SSSR count). The molecule has 1 amide bonds. The van der Waals surface area contributed by atoms with Gasteiger partial charge in [0.1, 0.15) is 22.8 Å². The fraction of sp³-hybridized carbons (Fsp3) is 0.182. The molecule has 0 aliphatic heterocycles. The van der Waals surface area contributed by atoms with Gasteiger partial charge in [0.25, 0.3) is 5.91 Å². The van der Waals surface area contributed by atoms with E-state index in [0.29, 0.717) is 35.1 Å². The first-order valence-electron chi connectivity index (χ1n) is 9.75. The van der Waals surface area contributed by atoms with Crippen LogP contribution in [0, 0.1) is 0 Å². The van der Waals surface area contributed by atoms with Gasteiger partial charge in [-0.3, -0.25) is 4.79 Å². The van der Waals surface area contributed by atoms with Crippen LogP contribution in [0.2, 0.25) is 0 Å². The number of aromatic nitrogens is 4. The van der Waals surface area contributed by atoms with Gasteiger partial charge in [-0.1, -0.05) is 0 Å². The average molecular weight is 435 g/mol. The van der Waals surface area contributed by atoms with Gasteiger partial charge in [-0.05, 0) is 43.3 Å². The normalized spacial score (nSPS) is 10.8. The van der Waals surface area contributed by atoms with Gasteiger partial charge in [0, 0.05) is 6.07 Å². The minimum atomic E-state index is -0.800. The lowest BCUT2D eigenvalue weighted by Gasteiger charge is -2.11. The van der Waals surface area contributed by atoms with Crippen molar-refractivity contribution in [1.29, 1.82) is 0 Å². The van der Waals surface area contributed by atoms with E-state index < -0.39 is 11.6 Å². The first kappa shape index (κ1) is 20.9. The molecule has 2 aromatic carbocycles. The maximum atomic E-state index is 12.8. The van der Waals surface area contributed by atoms with E-state index in [1.54, 1.807) is 42.5 Å². The zero-order valence-electron chi connectivity index (χ0n) is 17.7. The lowest BCUT2D eigenvalue weighted by atomic mass is 10.1. The first-order chi connectivity index (χ1) is 15.5. The Morgan fingerprint density at radius 3 is 2.41 bits per heavy atom. The van der Waals surface area contributed by atoms with Crippen molar-refractivity contribution in [3.05, 3.63) is 58.6 Å². The minimum absolute atomic E-state index is 0.107. The Kier molecular flexibility index (Phi) is 5.50. The number of amides is 1. The number of methoxy groups -OCH3 is 2. The first-order valence-corrected chi connectivity index (χ1v) is 9.75. The van der Waals surface area contributed by atoms with Crippen molar-refractivity contribution < 1.29 is 19.0 Å². The summed E-state index contributed by atoms with van der Waals surface area (Å²) in [6, 6.07) is 12.0. The van der Waals surface area contributed by atoms with E-state index in [1.165, 1.54) is 18.8 Å². The summed E-state index contributed by atoms with van der Waals surface area (Å²) < 4.78 is 17.5. The summed E-state index contributed by atoms with van der Waals surface area (Å²) in [4.78, 5) is 36.5. The number of aromatic amines is 1. The van der Waals surface area contributed by atoms with Crippen LogP contribution in [-0.2, 0) is 0 Å². The Morgan fingerprint density at radius 1 is 1.06 bits per heavy atom. The Balaban J connectivity index is 1.97. The lowest BCUT2D eigenvalue weighted by Crippen LogP contribution is -2.15. The van der Waals surface area contributed by atoms with Crippen molar-refractivity contribution in [2.45, 2.75) is 6.92 Å². The zero-order valence-corrected chi connectivity index (χ0v) is 17.7. The smallest absolute Gasteiger partial charge is 0.332 e. The molecule has 164 valence electrons. The molecule has 3 N–H and O–H groups in total. The van der Waals surface area contributed by atoms with Crippen molar-refractivity contribution in [2.75, 3.05) is 20.8 Å². The Morgan fingerprint density at radius 2 is 1.78 bits per heavy atom. The number of primary amides is 1. The van der Waals surface area contributed by atoms with E-state index >= 15 is 0 Å². The highest BCUT2D eigenvalue weighted by molar-refractivity contribution is 6.02. The fourth-order valence-electron chi connectivity index (χ4n) is 3.36. The van der Waals surface area contributed by atoms with Crippen molar-refractivity contribution in [3.63, 3.8) is 0 Å². The summed E-state index contributed by atoms with van der Waals surface area (Å²) in [5, 5.41) is 0. The quantitative estimate of drug-likeness (QED) is 0.455. The third kappa shape index (κ3) is 3.62. The van der Waals surface area contributed by atoms with Gasteiger partial charge >= 0.3 is 5.69 Å². The molecule has 0 aliphatic rings. The second-order valence-corrected chi connectivity index (χ2v) is 6.72. The molecule has 0 radical (unpaired) electrons. The molecule has 32 heavy (non-hydrogen) atoms. The Labute approximate surface area is 182 Å². The SMILES string of the molecule is CCOc1ccc(-n2c(=O)[nH]c3c(C(N)=O)nc(-c4ccc(OC)cc4OC)nc32)cc1. The zero-order chi connectivity index (χ0) is 22.8. The number of benzene rings is 2. The highest BCUT2D eigenvalue weighted by Crippen LogP contribution is 2.32. The number of carbonyl (C=O) groups excluding carboxylic acids is 1. The van der Waals surface area contributed by atoms with Crippen molar-refractivity contribution in [2.24, 2.45) is 5.73 Å². The van der Waals surface area contributed by atoms with Crippen LogP contribution in [-0.4, -0.2) is 46.3 Å². The molecule has 10 nitrogen and oxygen atoms in total. The molecule has 2 aromatic heterocycles. The van der Waals surface area contributed by atoms with Gasteiger partial charge in [0.2, 0.25) is 0 Å². The molecular weight excluding hydrogens is 414 g/mol. The molecule has 0 aliphatic carbocycles. The summed E-state index contributed by atoms with van der Waals surface area (Å²) >= 11 is 0. The molecule has 0 unspecified atom stereocenters. The van der Waals surface area contributed by atoms with E-state index in [2.05, 4.69) is 15.0 Å². The van der Waals surface area contributed by atoms with Crippen molar-refractivity contribution >= 4 is 17.1 Å². The highest BCUT2D eigenvalue weighted by Gasteiger charge is 2.21. The van der Waals surface area contributed by atoms with Crippen LogP contribution in [0.5, 0.6) is 17.2 Å². The van der Waals surface area contributed by atoms with Crippen LogP contribution in [0.25, 0.3) is 28.2 Å². The van der Waals surface area contributed by atoms with Crippen LogP contribution in [0.15, 0.2) is 47.3 Å². The number of hydrogen-bond donors (Lipinski definition) is 2. The Bertz CT molecular complexity index is 1360. The number of H-pyrrole nitrogens is 1. The largest absolute Gasteiger partial charge is 0.497 e. The summed E-state index contributed by atoms with van der Waals surface area (Å²) in [5.41, 5.74) is 6.36.